The average Bonchev–Trinajstić information content (AvgIpc) is 2.49. The fourth-order valence-electron chi connectivity index (χ4n) is 1.93. The minimum atomic E-state index is -0.746. The first kappa shape index (κ1) is 16.8. The second kappa shape index (κ2) is 6.69. The number of rotatable bonds is 4. The van der Waals surface area contributed by atoms with Crippen molar-refractivity contribution in [3.63, 3.8) is 0 Å². The van der Waals surface area contributed by atoms with Gasteiger partial charge in [-0.3, -0.25) is 25.0 Å². The highest BCUT2D eigenvalue weighted by molar-refractivity contribution is 14.1. The molecule has 8 nitrogen and oxygen atoms in total. The lowest BCUT2D eigenvalue weighted by Gasteiger charge is -2.07. The van der Waals surface area contributed by atoms with Gasteiger partial charge in [-0.1, -0.05) is 0 Å². The van der Waals surface area contributed by atoms with Gasteiger partial charge in [0.15, 0.2) is 0 Å². The van der Waals surface area contributed by atoms with Crippen LogP contribution in [-0.4, -0.2) is 15.8 Å². The van der Waals surface area contributed by atoms with Gasteiger partial charge >= 0.3 is 0 Å². The molecule has 1 N–H and O–H groups in total. The molecule has 1 amide bonds. The van der Waals surface area contributed by atoms with E-state index >= 15 is 0 Å². The lowest BCUT2D eigenvalue weighted by molar-refractivity contribution is -0.395. The summed E-state index contributed by atoms with van der Waals surface area (Å²) in [7, 11) is 0. The number of nitro groups is 2. The quantitative estimate of drug-likeness (QED) is 0.454. The zero-order valence-electron chi connectivity index (χ0n) is 11.8. The van der Waals surface area contributed by atoms with Crippen molar-refractivity contribution in [2.45, 2.75) is 6.92 Å². The smallest absolute Gasteiger partial charge is 0.279 e. The molecule has 0 saturated carbocycles. The van der Waals surface area contributed by atoms with Gasteiger partial charge in [0, 0.05) is 21.4 Å². The van der Waals surface area contributed by atoms with Crippen LogP contribution in [0.25, 0.3) is 0 Å². The first-order chi connectivity index (χ1) is 10.8. The SMILES string of the molecule is Cc1c([N+](=O)[O-])cc(C(=O)Nc2ccc(I)cc2)cc1[N+](=O)[O-]. The fraction of sp³-hybridized carbons (Fsp3) is 0.0714. The van der Waals surface area contributed by atoms with Crippen LogP contribution in [-0.2, 0) is 0 Å². The fourth-order valence-corrected chi connectivity index (χ4v) is 2.29. The van der Waals surface area contributed by atoms with Gasteiger partial charge in [0.1, 0.15) is 5.56 Å². The third kappa shape index (κ3) is 3.80. The first-order valence-electron chi connectivity index (χ1n) is 6.30. The Morgan fingerprint density at radius 1 is 1.04 bits per heavy atom. The second-order valence-corrected chi connectivity index (χ2v) is 5.86. The van der Waals surface area contributed by atoms with Crippen LogP contribution in [0.3, 0.4) is 0 Å². The summed E-state index contributed by atoms with van der Waals surface area (Å²) in [5.74, 6) is -0.655. The van der Waals surface area contributed by atoms with Gasteiger partial charge in [-0.2, -0.15) is 0 Å². The second-order valence-electron chi connectivity index (χ2n) is 4.61. The van der Waals surface area contributed by atoms with Crippen molar-refractivity contribution >= 4 is 45.6 Å². The number of nitro benzene ring substituents is 2. The third-order valence-corrected chi connectivity index (χ3v) is 3.83. The molecule has 0 radical (unpaired) electrons. The van der Waals surface area contributed by atoms with E-state index in [4.69, 9.17) is 0 Å². The van der Waals surface area contributed by atoms with Crippen LogP contribution in [0.15, 0.2) is 36.4 Å². The molecule has 0 aliphatic carbocycles. The third-order valence-electron chi connectivity index (χ3n) is 3.11. The lowest BCUT2D eigenvalue weighted by atomic mass is 10.1. The Morgan fingerprint density at radius 2 is 1.52 bits per heavy atom. The lowest BCUT2D eigenvalue weighted by Crippen LogP contribution is -2.13. The maximum Gasteiger partial charge on any atom is 0.279 e. The number of nitrogens with one attached hydrogen (secondary N) is 1. The number of anilines is 1. The number of nitrogens with zero attached hydrogens (tertiary/aromatic N) is 2. The van der Waals surface area contributed by atoms with E-state index in [2.05, 4.69) is 27.9 Å². The predicted octanol–water partition coefficient (Wildman–Crippen LogP) is 3.67. The maximum absolute atomic E-state index is 12.2. The van der Waals surface area contributed by atoms with Gasteiger partial charge in [-0.25, -0.2) is 0 Å². The van der Waals surface area contributed by atoms with E-state index in [1.165, 1.54) is 6.92 Å². The highest BCUT2D eigenvalue weighted by Gasteiger charge is 2.25. The normalized spacial score (nSPS) is 10.2. The van der Waals surface area contributed by atoms with Gasteiger partial charge in [0.25, 0.3) is 17.3 Å². The highest BCUT2D eigenvalue weighted by Crippen LogP contribution is 2.29. The molecule has 9 heteroatoms. The monoisotopic (exact) mass is 427 g/mol. The number of amides is 1. The zero-order chi connectivity index (χ0) is 17.1. The molecule has 0 heterocycles. The minimum absolute atomic E-state index is 0.0918. The number of hydrogen-bond acceptors (Lipinski definition) is 5. The molecule has 0 atom stereocenters. The van der Waals surface area contributed by atoms with Crippen LogP contribution >= 0.6 is 22.6 Å². The van der Waals surface area contributed by atoms with Gasteiger partial charge in [-0.05, 0) is 53.8 Å². The summed E-state index contributed by atoms with van der Waals surface area (Å²) in [5.41, 5.74) is -0.682. The molecule has 118 valence electrons. The summed E-state index contributed by atoms with van der Waals surface area (Å²) in [4.78, 5) is 32.7. The van der Waals surface area contributed by atoms with Crippen LogP contribution in [0, 0.1) is 30.7 Å². The predicted molar refractivity (Wildman–Crippen MR) is 91.6 cm³/mol. The topological polar surface area (TPSA) is 115 Å². The number of benzene rings is 2. The molecule has 0 aliphatic heterocycles. The Bertz CT molecular complexity index is 770. The van der Waals surface area contributed by atoms with Crippen molar-refractivity contribution in [1.29, 1.82) is 0 Å². The standard InChI is InChI=1S/C14H10IN3O5/c1-8-12(17(20)21)6-9(7-13(8)18(22)23)14(19)16-11-4-2-10(15)3-5-11/h2-7H,1H3,(H,16,19). The first-order valence-corrected chi connectivity index (χ1v) is 7.38. The van der Waals surface area contributed by atoms with Crippen molar-refractivity contribution in [3.05, 3.63) is 71.3 Å². The summed E-state index contributed by atoms with van der Waals surface area (Å²) in [6, 6.07) is 8.94. The Balaban J connectivity index is 2.41. The number of carbonyl (C=O) groups is 1. The van der Waals surface area contributed by atoms with Gasteiger partial charge in [-0.15, -0.1) is 0 Å². The van der Waals surface area contributed by atoms with Crippen molar-refractivity contribution in [3.8, 4) is 0 Å². The van der Waals surface area contributed by atoms with Crippen LogP contribution in [0.4, 0.5) is 17.1 Å². The molecule has 0 bridgehead atoms. The zero-order valence-corrected chi connectivity index (χ0v) is 13.9. The molecule has 2 aromatic carbocycles. The summed E-state index contributed by atoms with van der Waals surface area (Å²) in [6.07, 6.45) is 0. The molecule has 23 heavy (non-hydrogen) atoms. The Labute approximate surface area is 143 Å². The van der Waals surface area contributed by atoms with E-state index in [1.54, 1.807) is 24.3 Å². The van der Waals surface area contributed by atoms with Crippen LogP contribution in [0.2, 0.25) is 0 Å². The molecule has 0 spiro atoms. The number of hydrogen-bond donors (Lipinski definition) is 1. The molecular formula is C14H10IN3O5. The van der Waals surface area contributed by atoms with Crippen LogP contribution in [0.5, 0.6) is 0 Å². The summed E-state index contributed by atoms with van der Waals surface area (Å²) >= 11 is 2.11. The van der Waals surface area contributed by atoms with E-state index in [-0.39, 0.29) is 11.1 Å². The Hall–Kier alpha value is -2.56. The minimum Gasteiger partial charge on any atom is -0.322 e. The molecule has 0 unspecified atom stereocenters. The van der Waals surface area contributed by atoms with Crippen molar-refractivity contribution < 1.29 is 14.6 Å². The van der Waals surface area contributed by atoms with Crippen LogP contribution in [0.1, 0.15) is 15.9 Å². The number of carbonyl (C=O) groups excluding carboxylic acids is 1. The van der Waals surface area contributed by atoms with Crippen molar-refractivity contribution in [1.82, 2.24) is 0 Å². The largest absolute Gasteiger partial charge is 0.322 e. The van der Waals surface area contributed by atoms with E-state index in [1.807, 2.05) is 0 Å². The van der Waals surface area contributed by atoms with Gasteiger partial charge in [0.2, 0.25) is 0 Å². The van der Waals surface area contributed by atoms with E-state index in [0.717, 1.165) is 15.7 Å². The van der Waals surface area contributed by atoms with E-state index in [9.17, 15) is 25.0 Å². The molecule has 2 aromatic rings. The molecule has 2 rings (SSSR count). The summed E-state index contributed by atoms with van der Waals surface area (Å²) < 4.78 is 0.974. The number of halogens is 1. The molecule has 0 aliphatic rings. The van der Waals surface area contributed by atoms with Gasteiger partial charge in [0.05, 0.1) is 15.4 Å². The Kier molecular flexibility index (Phi) is 4.89. The molecular weight excluding hydrogens is 417 g/mol. The average molecular weight is 427 g/mol. The summed E-state index contributed by atoms with van der Waals surface area (Å²) in [6.45, 7) is 1.27. The van der Waals surface area contributed by atoms with E-state index in [0.29, 0.717) is 5.69 Å². The molecule has 0 fully saturated rings. The van der Waals surface area contributed by atoms with Crippen molar-refractivity contribution in [2.24, 2.45) is 0 Å². The Morgan fingerprint density at radius 3 is 1.96 bits per heavy atom. The van der Waals surface area contributed by atoms with Crippen molar-refractivity contribution in [2.75, 3.05) is 5.32 Å². The van der Waals surface area contributed by atoms with Gasteiger partial charge < -0.3 is 5.32 Å². The maximum atomic E-state index is 12.2. The molecule has 0 aromatic heterocycles. The van der Waals surface area contributed by atoms with E-state index < -0.39 is 27.1 Å². The highest BCUT2D eigenvalue weighted by atomic mass is 127. The summed E-state index contributed by atoms with van der Waals surface area (Å²) in [5, 5.41) is 24.6. The van der Waals surface area contributed by atoms with Crippen LogP contribution < -0.4 is 5.32 Å². The molecule has 0 saturated heterocycles.